The molecule has 0 bridgehead atoms. The molecule has 0 aliphatic rings. The van der Waals surface area contributed by atoms with E-state index in [0.717, 1.165) is 5.56 Å². The fourth-order valence-electron chi connectivity index (χ4n) is 1.80. The number of halogens is 1. The molecular weight excluding hydrogens is 280 g/mol. The quantitative estimate of drug-likeness (QED) is 0.520. The van der Waals surface area contributed by atoms with E-state index in [-0.39, 0.29) is 22.6 Å². The number of nitrogens with one attached hydrogen (secondary N) is 1. The summed E-state index contributed by atoms with van der Waals surface area (Å²) in [5.41, 5.74) is 0.845. The van der Waals surface area contributed by atoms with Gasteiger partial charge in [0.25, 0.3) is 0 Å². The number of rotatable bonds is 5. The van der Waals surface area contributed by atoms with E-state index in [1.54, 1.807) is 0 Å². The standard InChI is InChI=1S/C13H13ClN4O2/c1-9(10-5-3-2-4-6-10)7-15-13-11(18(19)20)12(14)16-8-17-13/h2-6,8-9H,7H2,1H3,(H,15,16,17). The van der Waals surface area contributed by atoms with Crippen LogP contribution in [0.5, 0.6) is 0 Å². The van der Waals surface area contributed by atoms with Crippen LogP contribution in [0.1, 0.15) is 18.4 Å². The molecule has 1 N–H and O–H groups in total. The molecule has 104 valence electrons. The molecule has 6 nitrogen and oxygen atoms in total. The van der Waals surface area contributed by atoms with Gasteiger partial charge >= 0.3 is 5.69 Å². The number of nitro groups is 1. The summed E-state index contributed by atoms with van der Waals surface area (Å²) in [6.45, 7) is 2.54. The van der Waals surface area contributed by atoms with Crippen LogP contribution in [0.25, 0.3) is 0 Å². The molecule has 1 unspecified atom stereocenters. The molecule has 1 aromatic heterocycles. The highest BCUT2D eigenvalue weighted by molar-refractivity contribution is 6.31. The van der Waals surface area contributed by atoms with Gasteiger partial charge in [-0.1, -0.05) is 48.9 Å². The van der Waals surface area contributed by atoms with E-state index < -0.39 is 4.92 Å². The lowest BCUT2D eigenvalue weighted by Gasteiger charge is -2.13. The Hall–Kier alpha value is -2.21. The van der Waals surface area contributed by atoms with Gasteiger partial charge in [-0.25, -0.2) is 9.97 Å². The Morgan fingerprint density at radius 3 is 2.70 bits per heavy atom. The van der Waals surface area contributed by atoms with Gasteiger partial charge < -0.3 is 5.32 Å². The van der Waals surface area contributed by atoms with Crippen molar-refractivity contribution in [2.75, 3.05) is 11.9 Å². The second-order valence-corrected chi connectivity index (χ2v) is 4.67. The lowest BCUT2D eigenvalue weighted by molar-refractivity contribution is -0.384. The van der Waals surface area contributed by atoms with E-state index in [2.05, 4.69) is 15.3 Å². The van der Waals surface area contributed by atoms with Crippen molar-refractivity contribution < 1.29 is 4.92 Å². The SMILES string of the molecule is CC(CNc1ncnc(Cl)c1[N+](=O)[O-])c1ccccc1. The molecule has 0 radical (unpaired) electrons. The van der Waals surface area contributed by atoms with Crippen LogP contribution in [0.3, 0.4) is 0 Å². The van der Waals surface area contributed by atoms with Crippen molar-refractivity contribution in [2.45, 2.75) is 12.8 Å². The first-order valence-corrected chi connectivity index (χ1v) is 6.41. The Balaban J connectivity index is 2.12. The molecule has 1 aromatic carbocycles. The van der Waals surface area contributed by atoms with Crippen LogP contribution in [0, 0.1) is 10.1 Å². The van der Waals surface area contributed by atoms with Crippen LogP contribution in [0.4, 0.5) is 11.5 Å². The Kier molecular flexibility index (Phi) is 4.47. The number of nitrogens with zero attached hydrogens (tertiary/aromatic N) is 3. The van der Waals surface area contributed by atoms with Crippen molar-refractivity contribution in [1.29, 1.82) is 0 Å². The maximum atomic E-state index is 11.0. The van der Waals surface area contributed by atoms with Crippen molar-refractivity contribution in [3.8, 4) is 0 Å². The zero-order valence-electron chi connectivity index (χ0n) is 10.8. The first-order valence-electron chi connectivity index (χ1n) is 6.03. The maximum absolute atomic E-state index is 11.0. The van der Waals surface area contributed by atoms with E-state index in [1.165, 1.54) is 6.33 Å². The minimum atomic E-state index is -0.585. The van der Waals surface area contributed by atoms with E-state index in [0.29, 0.717) is 6.54 Å². The molecule has 0 aliphatic heterocycles. The predicted octanol–water partition coefficient (Wildman–Crippen LogP) is 3.25. The van der Waals surface area contributed by atoms with Crippen LogP contribution in [-0.4, -0.2) is 21.4 Å². The van der Waals surface area contributed by atoms with Gasteiger partial charge in [0.2, 0.25) is 11.0 Å². The van der Waals surface area contributed by atoms with Crippen LogP contribution < -0.4 is 5.32 Å². The predicted molar refractivity (Wildman–Crippen MR) is 77.0 cm³/mol. The Bertz CT molecular complexity index is 607. The zero-order valence-corrected chi connectivity index (χ0v) is 11.5. The van der Waals surface area contributed by atoms with Crippen molar-refractivity contribution in [2.24, 2.45) is 0 Å². The zero-order chi connectivity index (χ0) is 14.5. The van der Waals surface area contributed by atoms with Crippen LogP contribution >= 0.6 is 11.6 Å². The van der Waals surface area contributed by atoms with Crippen molar-refractivity contribution in [3.05, 3.63) is 57.5 Å². The molecule has 2 rings (SSSR count). The summed E-state index contributed by atoms with van der Waals surface area (Å²) >= 11 is 5.72. The Labute approximate surface area is 121 Å². The summed E-state index contributed by atoms with van der Waals surface area (Å²) in [6, 6.07) is 9.87. The largest absolute Gasteiger partial charge is 0.364 e. The van der Waals surface area contributed by atoms with E-state index in [1.807, 2.05) is 37.3 Å². The van der Waals surface area contributed by atoms with Crippen molar-refractivity contribution >= 4 is 23.1 Å². The summed E-state index contributed by atoms with van der Waals surface area (Å²) in [5.74, 6) is 0.322. The van der Waals surface area contributed by atoms with Gasteiger partial charge in [0.05, 0.1) is 4.92 Å². The van der Waals surface area contributed by atoms with Gasteiger partial charge in [0, 0.05) is 6.54 Å². The average molecular weight is 293 g/mol. The Morgan fingerprint density at radius 1 is 1.35 bits per heavy atom. The van der Waals surface area contributed by atoms with E-state index in [9.17, 15) is 10.1 Å². The molecule has 0 fully saturated rings. The second kappa shape index (κ2) is 6.29. The first kappa shape index (κ1) is 14.2. The molecule has 1 atom stereocenters. The lowest BCUT2D eigenvalue weighted by Crippen LogP contribution is -2.12. The number of aromatic nitrogens is 2. The van der Waals surface area contributed by atoms with Crippen LogP contribution in [-0.2, 0) is 0 Å². The molecule has 0 amide bonds. The van der Waals surface area contributed by atoms with Gasteiger partial charge in [-0.05, 0) is 11.5 Å². The van der Waals surface area contributed by atoms with Gasteiger partial charge in [-0.3, -0.25) is 10.1 Å². The van der Waals surface area contributed by atoms with Crippen molar-refractivity contribution in [3.63, 3.8) is 0 Å². The third kappa shape index (κ3) is 3.21. The summed E-state index contributed by atoms with van der Waals surface area (Å²) in [6.07, 6.45) is 1.20. The fourth-order valence-corrected chi connectivity index (χ4v) is 2.00. The highest BCUT2D eigenvalue weighted by Crippen LogP contribution is 2.28. The van der Waals surface area contributed by atoms with E-state index in [4.69, 9.17) is 11.6 Å². The number of hydrogen-bond donors (Lipinski definition) is 1. The molecule has 2 aromatic rings. The first-order chi connectivity index (χ1) is 9.59. The normalized spacial score (nSPS) is 11.9. The topological polar surface area (TPSA) is 81.0 Å². The summed E-state index contributed by atoms with van der Waals surface area (Å²) in [5, 5.41) is 13.7. The summed E-state index contributed by atoms with van der Waals surface area (Å²) in [4.78, 5) is 17.9. The highest BCUT2D eigenvalue weighted by Gasteiger charge is 2.21. The molecule has 0 saturated heterocycles. The second-order valence-electron chi connectivity index (χ2n) is 4.31. The summed E-state index contributed by atoms with van der Waals surface area (Å²) < 4.78 is 0. The third-order valence-corrected chi connectivity index (χ3v) is 3.18. The highest BCUT2D eigenvalue weighted by atomic mass is 35.5. The number of hydrogen-bond acceptors (Lipinski definition) is 5. The molecule has 0 aliphatic carbocycles. The monoisotopic (exact) mass is 292 g/mol. The van der Waals surface area contributed by atoms with Crippen LogP contribution in [0.2, 0.25) is 5.15 Å². The molecule has 1 heterocycles. The van der Waals surface area contributed by atoms with Gasteiger partial charge in [0.15, 0.2) is 0 Å². The summed E-state index contributed by atoms with van der Waals surface area (Å²) in [7, 11) is 0. The van der Waals surface area contributed by atoms with Gasteiger partial charge in [-0.15, -0.1) is 0 Å². The average Bonchev–Trinajstić information content (AvgIpc) is 2.45. The van der Waals surface area contributed by atoms with Crippen molar-refractivity contribution in [1.82, 2.24) is 9.97 Å². The number of anilines is 1. The van der Waals surface area contributed by atoms with Crippen LogP contribution in [0.15, 0.2) is 36.7 Å². The third-order valence-electron chi connectivity index (χ3n) is 2.90. The fraction of sp³-hybridized carbons (Fsp3) is 0.231. The minimum Gasteiger partial charge on any atom is -0.364 e. The molecule has 20 heavy (non-hydrogen) atoms. The molecule has 0 saturated carbocycles. The molecular formula is C13H13ClN4O2. The van der Waals surface area contributed by atoms with E-state index >= 15 is 0 Å². The maximum Gasteiger partial charge on any atom is 0.348 e. The van der Waals surface area contributed by atoms with Gasteiger partial charge in [-0.2, -0.15) is 0 Å². The molecule has 0 spiro atoms. The molecule has 7 heteroatoms. The smallest absolute Gasteiger partial charge is 0.348 e. The van der Waals surface area contributed by atoms with Gasteiger partial charge in [0.1, 0.15) is 6.33 Å². The lowest BCUT2D eigenvalue weighted by atomic mass is 10.0. The number of benzene rings is 1. The Morgan fingerprint density at radius 2 is 2.05 bits per heavy atom. The minimum absolute atomic E-state index is 0.137.